The molecule has 1 heterocycles. The molecule has 1 aliphatic carbocycles. The first-order valence-electron chi connectivity index (χ1n) is 7.47. The Morgan fingerprint density at radius 3 is 2.74 bits per heavy atom. The van der Waals surface area contributed by atoms with Crippen LogP contribution in [0.25, 0.3) is 0 Å². The Hall–Kier alpha value is -0.540. The van der Waals surface area contributed by atoms with E-state index in [4.69, 9.17) is 4.74 Å². The van der Waals surface area contributed by atoms with E-state index in [1.54, 1.807) is 0 Å². The van der Waals surface area contributed by atoms with Crippen LogP contribution >= 0.6 is 15.9 Å². The van der Waals surface area contributed by atoms with Crippen molar-refractivity contribution >= 4 is 15.9 Å². The van der Waals surface area contributed by atoms with E-state index >= 15 is 0 Å². The summed E-state index contributed by atoms with van der Waals surface area (Å²) in [5, 5.41) is 3.49. The van der Waals surface area contributed by atoms with Gasteiger partial charge in [0.05, 0.1) is 10.6 Å². The molecule has 3 heteroatoms. The number of rotatable bonds is 4. The van der Waals surface area contributed by atoms with Gasteiger partial charge in [-0.15, -0.1) is 0 Å². The minimum Gasteiger partial charge on any atom is -0.489 e. The van der Waals surface area contributed by atoms with Gasteiger partial charge in [-0.25, -0.2) is 0 Å². The molecule has 1 aromatic rings. The fourth-order valence-corrected chi connectivity index (χ4v) is 3.39. The van der Waals surface area contributed by atoms with Gasteiger partial charge >= 0.3 is 0 Å². The lowest BCUT2D eigenvalue weighted by Crippen LogP contribution is -2.30. The maximum absolute atomic E-state index is 5.97. The Morgan fingerprint density at radius 1 is 1.21 bits per heavy atom. The number of benzene rings is 1. The van der Waals surface area contributed by atoms with Crippen molar-refractivity contribution < 1.29 is 4.74 Å². The minimum absolute atomic E-state index is 0.449. The molecule has 0 radical (unpaired) electrons. The second-order valence-corrected chi connectivity index (χ2v) is 6.71. The van der Waals surface area contributed by atoms with E-state index in [0.29, 0.717) is 6.10 Å². The van der Waals surface area contributed by atoms with Crippen LogP contribution in [0.3, 0.4) is 0 Å². The third-order valence-electron chi connectivity index (χ3n) is 4.27. The molecule has 1 unspecified atom stereocenters. The van der Waals surface area contributed by atoms with Crippen molar-refractivity contribution in [3.63, 3.8) is 0 Å². The maximum Gasteiger partial charge on any atom is 0.133 e. The van der Waals surface area contributed by atoms with Crippen molar-refractivity contribution in [2.75, 3.05) is 13.1 Å². The second kappa shape index (κ2) is 6.27. The summed E-state index contributed by atoms with van der Waals surface area (Å²) >= 11 is 3.65. The highest BCUT2D eigenvalue weighted by atomic mass is 79.9. The maximum atomic E-state index is 5.97. The van der Waals surface area contributed by atoms with Gasteiger partial charge in [-0.3, -0.25) is 0 Å². The van der Waals surface area contributed by atoms with E-state index < -0.39 is 0 Å². The highest BCUT2D eigenvalue weighted by molar-refractivity contribution is 9.10. The van der Waals surface area contributed by atoms with E-state index in [0.717, 1.165) is 22.7 Å². The van der Waals surface area contributed by atoms with Crippen LogP contribution in [0.1, 0.15) is 37.7 Å². The molecule has 2 aliphatic rings. The third-order valence-corrected chi connectivity index (χ3v) is 4.89. The molecular formula is C16H22BrNO. The van der Waals surface area contributed by atoms with Crippen molar-refractivity contribution in [1.82, 2.24) is 5.32 Å². The lowest BCUT2D eigenvalue weighted by atomic mass is 9.92. The molecule has 19 heavy (non-hydrogen) atoms. The van der Waals surface area contributed by atoms with Crippen molar-refractivity contribution in [3.8, 4) is 5.75 Å². The van der Waals surface area contributed by atoms with Gasteiger partial charge in [-0.2, -0.15) is 0 Å². The van der Waals surface area contributed by atoms with Crippen molar-refractivity contribution in [1.29, 1.82) is 0 Å². The zero-order valence-electron chi connectivity index (χ0n) is 11.3. The molecule has 2 fully saturated rings. The zero-order valence-corrected chi connectivity index (χ0v) is 12.9. The van der Waals surface area contributed by atoms with Gasteiger partial charge in [-0.1, -0.05) is 6.07 Å². The van der Waals surface area contributed by atoms with E-state index in [1.165, 1.54) is 50.6 Å². The van der Waals surface area contributed by atoms with E-state index in [-0.39, 0.29) is 0 Å². The minimum atomic E-state index is 0.449. The predicted octanol–water partition coefficient (Wildman–Crippen LogP) is 3.92. The van der Waals surface area contributed by atoms with Crippen LogP contribution in [0.2, 0.25) is 0 Å². The molecule has 0 amide bonds. The van der Waals surface area contributed by atoms with Crippen LogP contribution in [0, 0.1) is 5.92 Å². The van der Waals surface area contributed by atoms with Crippen LogP contribution in [-0.2, 0) is 6.42 Å². The number of piperidine rings is 1. The van der Waals surface area contributed by atoms with Crippen LogP contribution in [0.15, 0.2) is 22.7 Å². The number of ether oxygens (including phenoxy) is 1. The second-order valence-electron chi connectivity index (χ2n) is 5.85. The fourth-order valence-electron chi connectivity index (χ4n) is 2.87. The first-order chi connectivity index (χ1) is 9.31. The number of halogens is 1. The van der Waals surface area contributed by atoms with Crippen molar-refractivity contribution in [2.45, 2.75) is 44.6 Å². The fraction of sp³-hybridized carbons (Fsp3) is 0.625. The normalized spacial score (nSPS) is 23.9. The third kappa shape index (κ3) is 3.51. The summed E-state index contributed by atoms with van der Waals surface area (Å²) in [6.45, 7) is 2.35. The molecule has 1 saturated carbocycles. The van der Waals surface area contributed by atoms with Gasteiger partial charge < -0.3 is 10.1 Å². The SMILES string of the molecule is Brc1cc(CC2CCCNC2)ccc1OC1CCC1. The summed E-state index contributed by atoms with van der Waals surface area (Å²) in [7, 11) is 0. The largest absolute Gasteiger partial charge is 0.489 e. The van der Waals surface area contributed by atoms with Crippen LogP contribution < -0.4 is 10.1 Å². The Bertz CT molecular complexity index is 425. The number of nitrogens with one attached hydrogen (secondary N) is 1. The molecule has 1 aliphatic heterocycles. The Balaban J connectivity index is 1.61. The lowest BCUT2D eigenvalue weighted by Gasteiger charge is -2.27. The van der Waals surface area contributed by atoms with Crippen LogP contribution in [0.4, 0.5) is 0 Å². The summed E-state index contributed by atoms with van der Waals surface area (Å²) in [6, 6.07) is 6.60. The van der Waals surface area contributed by atoms with Crippen LogP contribution in [-0.4, -0.2) is 19.2 Å². The Kier molecular flexibility index (Phi) is 4.44. The number of hydrogen-bond acceptors (Lipinski definition) is 2. The molecular weight excluding hydrogens is 302 g/mol. The van der Waals surface area contributed by atoms with Gasteiger partial charge in [0.1, 0.15) is 5.75 Å². The van der Waals surface area contributed by atoms with Crippen molar-refractivity contribution in [2.24, 2.45) is 5.92 Å². The summed E-state index contributed by atoms with van der Waals surface area (Å²) in [4.78, 5) is 0. The summed E-state index contributed by atoms with van der Waals surface area (Å²) in [5.74, 6) is 1.80. The molecule has 1 N–H and O–H groups in total. The highest BCUT2D eigenvalue weighted by Crippen LogP contribution is 2.32. The summed E-state index contributed by atoms with van der Waals surface area (Å²) in [6.07, 6.45) is 8.03. The first kappa shape index (κ1) is 13.4. The monoisotopic (exact) mass is 323 g/mol. The van der Waals surface area contributed by atoms with Crippen LogP contribution in [0.5, 0.6) is 5.75 Å². The number of hydrogen-bond donors (Lipinski definition) is 1. The predicted molar refractivity (Wildman–Crippen MR) is 81.7 cm³/mol. The standard InChI is InChI=1S/C16H22BrNO/c17-15-10-12(9-13-3-2-8-18-11-13)6-7-16(15)19-14-4-1-5-14/h6-7,10,13-14,18H,1-5,8-9,11H2. The Labute approximate surface area is 124 Å². The molecule has 1 atom stereocenters. The molecule has 1 saturated heterocycles. The Morgan fingerprint density at radius 2 is 2.11 bits per heavy atom. The average molecular weight is 324 g/mol. The molecule has 0 aromatic heterocycles. The molecule has 3 rings (SSSR count). The van der Waals surface area contributed by atoms with Gasteiger partial charge in [0.15, 0.2) is 0 Å². The van der Waals surface area contributed by atoms with Gasteiger partial charge in [0.25, 0.3) is 0 Å². The topological polar surface area (TPSA) is 21.3 Å². The van der Waals surface area contributed by atoms with Gasteiger partial charge in [-0.05, 0) is 91.2 Å². The molecule has 104 valence electrons. The zero-order chi connectivity index (χ0) is 13.1. The van der Waals surface area contributed by atoms with E-state index in [9.17, 15) is 0 Å². The first-order valence-corrected chi connectivity index (χ1v) is 8.26. The summed E-state index contributed by atoms with van der Waals surface area (Å²) < 4.78 is 7.08. The average Bonchev–Trinajstić information content (AvgIpc) is 2.37. The lowest BCUT2D eigenvalue weighted by molar-refractivity contribution is 0.119. The molecule has 2 nitrogen and oxygen atoms in total. The van der Waals surface area contributed by atoms with Gasteiger partial charge in [0.2, 0.25) is 0 Å². The summed E-state index contributed by atoms with van der Waals surface area (Å²) in [5.41, 5.74) is 1.42. The molecule has 0 bridgehead atoms. The van der Waals surface area contributed by atoms with E-state index in [1.807, 2.05) is 0 Å². The van der Waals surface area contributed by atoms with E-state index in [2.05, 4.69) is 39.4 Å². The highest BCUT2D eigenvalue weighted by Gasteiger charge is 2.20. The molecule has 0 spiro atoms. The molecule has 1 aromatic carbocycles. The smallest absolute Gasteiger partial charge is 0.133 e. The van der Waals surface area contributed by atoms with Crippen molar-refractivity contribution in [3.05, 3.63) is 28.2 Å². The quantitative estimate of drug-likeness (QED) is 0.906. The van der Waals surface area contributed by atoms with Gasteiger partial charge in [0, 0.05) is 0 Å².